The van der Waals surface area contributed by atoms with Crippen molar-refractivity contribution < 1.29 is 9.21 Å². The lowest BCUT2D eigenvalue weighted by Gasteiger charge is -2.19. The number of carbonyl (C=O) groups is 1. The second-order valence-electron chi connectivity index (χ2n) is 7.97. The Balaban J connectivity index is 1.41. The first kappa shape index (κ1) is 18.7. The zero-order chi connectivity index (χ0) is 20.4. The zero-order valence-electron chi connectivity index (χ0n) is 16.7. The number of aromatic nitrogens is 1. The van der Waals surface area contributed by atoms with Gasteiger partial charge in [-0.15, -0.1) is 0 Å². The van der Waals surface area contributed by atoms with Crippen molar-refractivity contribution in [2.24, 2.45) is 0 Å². The molecule has 4 rings (SSSR count). The second-order valence-corrected chi connectivity index (χ2v) is 7.97. The van der Waals surface area contributed by atoms with Crippen molar-refractivity contribution in [2.45, 2.75) is 26.2 Å². The van der Waals surface area contributed by atoms with Crippen LogP contribution in [-0.2, 0) is 5.41 Å². The van der Waals surface area contributed by atoms with Gasteiger partial charge in [0.2, 0.25) is 5.89 Å². The number of nitrogens with one attached hydrogen (secondary N) is 2. The van der Waals surface area contributed by atoms with Crippen molar-refractivity contribution in [1.29, 1.82) is 0 Å². The maximum Gasteiger partial charge on any atom is 0.323 e. The summed E-state index contributed by atoms with van der Waals surface area (Å²) in [7, 11) is 0. The number of oxazole rings is 1. The van der Waals surface area contributed by atoms with Gasteiger partial charge in [0.1, 0.15) is 5.52 Å². The van der Waals surface area contributed by atoms with Crippen LogP contribution in [0.2, 0.25) is 0 Å². The fourth-order valence-electron chi connectivity index (χ4n) is 3.04. The molecule has 0 aliphatic heterocycles. The Bertz CT molecular complexity index is 1100. The van der Waals surface area contributed by atoms with E-state index in [-0.39, 0.29) is 11.4 Å². The molecule has 1 heterocycles. The fourth-order valence-corrected chi connectivity index (χ4v) is 3.04. The van der Waals surface area contributed by atoms with Gasteiger partial charge in [0.15, 0.2) is 5.58 Å². The van der Waals surface area contributed by atoms with Crippen LogP contribution in [0, 0.1) is 0 Å². The van der Waals surface area contributed by atoms with E-state index < -0.39 is 0 Å². The standard InChI is InChI=1S/C24H23N3O2/c1-24(2,3)17-10-14-19(15-11-17)26-23(28)25-18-12-8-16(9-13-18)22-27-20-6-4-5-7-21(20)29-22/h4-15H,1-3H3,(H2,25,26,28). The van der Waals surface area contributed by atoms with Gasteiger partial charge in [0, 0.05) is 16.9 Å². The molecular formula is C24H23N3O2. The van der Waals surface area contributed by atoms with Crippen molar-refractivity contribution in [3.8, 4) is 11.5 Å². The van der Waals surface area contributed by atoms with Gasteiger partial charge in [0.25, 0.3) is 0 Å². The molecule has 0 saturated heterocycles. The Kier molecular flexibility index (Phi) is 4.80. The van der Waals surface area contributed by atoms with Crippen molar-refractivity contribution in [1.82, 2.24) is 4.98 Å². The maximum absolute atomic E-state index is 12.3. The van der Waals surface area contributed by atoms with E-state index in [0.29, 0.717) is 11.6 Å². The summed E-state index contributed by atoms with van der Waals surface area (Å²) >= 11 is 0. The highest BCUT2D eigenvalue weighted by Crippen LogP contribution is 2.26. The summed E-state index contributed by atoms with van der Waals surface area (Å²) in [5.41, 5.74) is 5.16. The van der Waals surface area contributed by atoms with Gasteiger partial charge in [-0.3, -0.25) is 0 Å². The van der Waals surface area contributed by atoms with Crippen molar-refractivity contribution in [3.63, 3.8) is 0 Å². The molecule has 3 aromatic carbocycles. The topological polar surface area (TPSA) is 67.2 Å². The van der Waals surface area contributed by atoms with Crippen LogP contribution in [0.25, 0.3) is 22.6 Å². The lowest BCUT2D eigenvalue weighted by Crippen LogP contribution is -2.19. The van der Waals surface area contributed by atoms with Crippen molar-refractivity contribution in [3.05, 3.63) is 78.4 Å². The van der Waals surface area contributed by atoms with Crippen molar-refractivity contribution >= 4 is 28.5 Å². The molecule has 0 fully saturated rings. The normalized spacial score (nSPS) is 11.4. The Morgan fingerprint density at radius 2 is 1.41 bits per heavy atom. The number of fused-ring (bicyclic) bond motifs is 1. The van der Waals surface area contributed by atoms with Gasteiger partial charge in [-0.2, -0.15) is 0 Å². The molecule has 0 spiro atoms. The molecule has 0 saturated carbocycles. The Morgan fingerprint density at radius 1 is 0.828 bits per heavy atom. The van der Waals surface area contributed by atoms with E-state index in [1.165, 1.54) is 5.56 Å². The summed E-state index contributed by atoms with van der Waals surface area (Å²) in [4.78, 5) is 16.8. The fraction of sp³-hybridized carbons (Fsp3) is 0.167. The van der Waals surface area contributed by atoms with E-state index in [9.17, 15) is 4.79 Å². The summed E-state index contributed by atoms with van der Waals surface area (Å²) in [6.07, 6.45) is 0. The minimum Gasteiger partial charge on any atom is -0.436 e. The summed E-state index contributed by atoms with van der Waals surface area (Å²) < 4.78 is 5.78. The largest absolute Gasteiger partial charge is 0.436 e. The summed E-state index contributed by atoms with van der Waals surface area (Å²) in [5, 5.41) is 5.69. The number of rotatable bonds is 3. The molecule has 4 aromatic rings. The lowest BCUT2D eigenvalue weighted by molar-refractivity contribution is 0.262. The highest BCUT2D eigenvalue weighted by molar-refractivity contribution is 5.99. The number of hydrogen-bond acceptors (Lipinski definition) is 3. The molecule has 2 N–H and O–H groups in total. The van der Waals surface area contributed by atoms with E-state index in [0.717, 1.165) is 22.4 Å². The van der Waals surface area contributed by atoms with Gasteiger partial charge in [-0.25, -0.2) is 9.78 Å². The third-order valence-electron chi connectivity index (χ3n) is 4.69. The molecule has 5 nitrogen and oxygen atoms in total. The molecule has 1 aromatic heterocycles. The molecule has 0 radical (unpaired) electrons. The Morgan fingerprint density at radius 3 is 2.00 bits per heavy atom. The number of hydrogen-bond donors (Lipinski definition) is 2. The second kappa shape index (κ2) is 7.43. The monoisotopic (exact) mass is 385 g/mol. The number of carbonyl (C=O) groups excluding carboxylic acids is 1. The Hall–Kier alpha value is -3.60. The molecule has 5 heteroatoms. The predicted octanol–water partition coefficient (Wildman–Crippen LogP) is 6.44. The average Bonchev–Trinajstić information content (AvgIpc) is 3.12. The predicted molar refractivity (Wildman–Crippen MR) is 117 cm³/mol. The quantitative estimate of drug-likeness (QED) is 0.427. The minimum absolute atomic E-state index is 0.0806. The molecule has 0 unspecified atom stereocenters. The molecule has 29 heavy (non-hydrogen) atoms. The van der Waals surface area contributed by atoms with Crippen molar-refractivity contribution in [2.75, 3.05) is 10.6 Å². The number of benzene rings is 3. The van der Waals surface area contributed by atoms with E-state index in [1.54, 1.807) is 0 Å². The molecule has 2 amide bonds. The van der Waals surface area contributed by atoms with Gasteiger partial charge >= 0.3 is 6.03 Å². The van der Waals surface area contributed by atoms with Crippen LogP contribution >= 0.6 is 0 Å². The van der Waals surface area contributed by atoms with Crippen LogP contribution in [0.1, 0.15) is 26.3 Å². The molecule has 0 aliphatic rings. The van der Waals surface area contributed by atoms with Crippen LogP contribution in [0.5, 0.6) is 0 Å². The van der Waals surface area contributed by atoms with Crippen LogP contribution in [0.4, 0.5) is 16.2 Å². The zero-order valence-corrected chi connectivity index (χ0v) is 16.7. The number of amides is 2. The number of para-hydroxylation sites is 2. The van der Waals surface area contributed by atoms with Crippen LogP contribution < -0.4 is 10.6 Å². The van der Waals surface area contributed by atoms with Crippen LogP contribution in [0.3, 0.4) is 0 Å². The SMILES string of the molecule is CC(C)(C)c1ccc(NC(=O)Nc2ccc(-c3nc4ccccc4o3)cc2)cc1. The maximum atomic E-state index is 12.3. The van der Waals surface area contributed by atoms with Crippen LogP contribution in [-0.4, -0.2) is 11.0 Å². The molecule has 146 valence electrons. The number of urea groups is 1. The van der Waals surface area contributed by atoms with E-state index >= 15 is 0 Å². The Labute approximate surface area is 169 Å². The minimum atomic E-state index is -0.289. The number of nitrogens with zero attached hydrogens (tertiary/aromatic N) is 1. The third kappa shape index (κ3) is 4.29. The third-order valence-corrected chi connectivity index (χ3v) is 4.69. The van der Waals surface area contributed by atoms with E-state index in [2.05, 4.69) is 36.4 Å². The van der Waals surface area contributed by atoms with Gasteiger partial charge in [0.05, 0.1) is 0 Å². The highest BCUT2D eigenvalue weighted by atomic mass is 16.3. The highest BCUT2D eigenvalue weighted by Gasteiger charge is 2.13. The molecule has 0 aliphatic carbocycles. The van der Waals surface area contributed by atoms with Gasteiger partial charge in [-0.05, 0) is 59.5 Å². The first-order valence-electron chi connectivity index (χ1n) is 9.53. The molecular weight excluding hydrogens is 362 g/mol. The smallest absolute Gasteiger partial charge is 0.323 e. The van der Waals surface area contributed by atoms with E-state index in [4.69, 9.17) is 4.42 Å². The molecule has 0 atom stereocenters. The van der Waals surface area contributed by atoms with E-state index in [1.807, 2.05) is 72.8 Å². The summed E-state index contributed by atoms with van der Waals surface area (Å²) in [5.74, 6) is 0.557. The summed E-state index contributed by atoms with van der Waals surface area (Å²) in [6, 6.07) is 22.6. The molecule has 0 bridgehead atoms. The average molecular weight is 385 g/mol. The van der Waals surface area contributed by atoms with Gasteiger partial charge < -0.3 is 15.1 Å². The summed E-state index contributed by atoms with van der Waals surface area (Å²) in [6.45, 7) is 6.48. The lowest BCUT2D eigenvalue weighted by atomic mass is 9.87. The first-order valence-corrected chi connectivity index (χ1v) is 9.53. The van der Waals surface area contributed by atoms with Gasteiger partial charge in [-0.1, -0.05) is 45.0 Å². The first-order chi connectivity index (χ1) is 13.9. The van der Waals surface area contributed by atoms with Crippen LogP contribution in [0.15, 0.2) is 77.2 Å². The number of anilines is 2.